The van der Waals surface area contributed by atoms with Gasteiger partial charge in [-0.25, -0.2) is 0 Å². The first-order valence-corrected chi connectivity index (χ1v) is 17.3. The third-order valence-corrected chi connectivity index (χ3v) is 11.3. The molecule has 0 bridgehead atoms. The standard InChI is InChI=1S/C28H35IN4O5Si/c1-18-26(39(3,4)36)25(11-13-32-17-21(12-14-34)30-31-32)38-28(18)23-15-22(37-2)9-10-24(23)33(27(28)35)16-19-5-7-20(29)8-6-19/h5-10,15,17-18,25-26,34,36H,11-14,16H2,1-4H3/t18-,25+,26-,28+/m1/s1. The number of hydrogen-bond acceptors (Lipinski definition) is 7. The predicted molar refractivity (Wildman–Crippen MR) is 158 cm³/mol. The van der Waals surface area contributed by atoms with Gasteiger partial charge in [-0.3, -0.25) is 9.48 Å². The first kappa shape index (κ1) is 28.2. The van der Waals surface area contributed by atoms with Gasteiger partial charge in [0.15, 0.2) is 13.9 Å². The molecule has 5 rings (SSSR count). The molecule has 3 heterocycles. The van der Waals surface area contributed by atoms with Gasteiger partial charge < -0.3 is 24.3 Å². The van der Waals surface area contributed by atoms with E-state index >= 15 is 0 Å². The van der Waals surface area contributed by atoms with Crippen LogP contribution >= 0.6 is 22.6 Å². The SMILES string of the molecule is COc1ccc2c(c1)[C@]1(O[C@@H](CCn3cc(CCO)nn3)[C@H]([Si](C)(C)O)[C@H]1C)C(=O)N2Cc1ccc(I)cc1. The number of nitrogens with zero attached hydrogens (tertiary/aromatic N) is 4. The molecule has 39 heavy (non-hydrogen) atoms. The minimum Gasteiger partial charge on any atom is -0.497 e. The van der Waals surface area contributed by atoms with Crippen molar-refractivity contribution in [1.29, 1.82) is 0 Å². The fourth-order valence-electron chi connectivity index (χ4n) is 6.32. The van der Waals surface area contributed by atoms with Gasteiger partial charge in [0, 0.05) is 46.4 Å². The number of aryl methyl sites for hydroxylation is 1. The van der Waals surface area contributed by atoms with Crippen LogP contribution in [0.5, 0.6) is 5.75 Å². The summed E-state index contributed by atoms with van der Waals surface area (Å²) in [6, 6.07) is 13.9. The van der Waals surface area contributed by atoms with Crippen molar-refractivity contribution in [3.63, 3.8) is 0 Å². The van der Waals surface area contributed by atoms with E-state index in [1.54, 1.807) is 11.8 Å². The van der Waals surface area contributed by atoms with Gasteiger partial charge in [0.2, 0.25) is 0 Å². The highest BCUT2D eigenvalue weighted by Crippen LogP contribution is 2.60. The van der Waals surface area contributed by atoms with Crippen LogP contribution in [0.2, 0.25) is 18.6 Å². The largest absolute Gasteiger partial charge is 0.497 e. The Balaban J connectivity index is 1.52. The number of hydrogen-bond donors (Lipinski definition) is 2. The molecule has 0 saturated carbocycles. The molecule has 0 unspecified atom stereocenters. The number of ether oxygens (including phenoxy) is 2. The number of amides is 1. The zero-order valence-corrected chi connectivity index (χ0v) is 25.8. The fourth-order valence-corrected chi connectivity index (χ4v) is 9.28. The van der Waals surface area contributed by atoms with Gasteiger partial charge >= 0.3 is 0 Å². The Morgan fingerprint density at radius 1 is 1.21 bits per heavy atom. The molecule has 3 aromatic rings. The molecule has 2 aliphatic rings. The van der Waals surface area contributed by atoms with Crippen LogP contribution in [0, 0.1) is 9.49 Å². The second kappa shape index (κ2) is 10.9. The highest BCUT2D eigenvalue weighted by molar-refractivity contribution is 14.1. The number of carbonyl (C=O) groups excluding carboxylic acids is 1. The number of aromatic nitrogens is 3. The molecular formula is C28H35IN4O5Si. The van der Waals surface area contributed by atoms with E-state index in [0.717, 1.165) is 26.1 Å². The van der Waals surface area contributed by atoms with Crippen LogP contribution in [-0.2, 0) is 34.6 Å². The maximum atomic E-state index is 14.5. The molecule has 1 aromatic heterocycles. The van der Waals surface area contributed by atoms with E-state index < -0.39 is 13.9 Å². The lowest BCUT2D eigenvalue weighted by Gasteiger charge is -2.32. The van der Waals surface area contributed by atoms with E-state index in [1.807, 2.05) is 73.6 Å². The quantitative estimate of drug-likeness (QED) is 0.265. The highest BCUT2D eigenvalue weighted by atomic mass is 127. The lowest BCUT2D eigenvalue weighted by Crippen LogP contribution is -2.46. The summed E-state index contributed by atoms with van der Waals surface area (Å²) in [5, 5.41) is 17.5. The molecule has 11 heteroatoms. The number of fused-ring (bicyclic) bond motifs is 2. The summed E-state index contributed by atoms with van der Waals surface area (Å²) in [6.45, 7) is 6.86. The van der Waals surface area contributed by atoms with Crippen molar-refractivity contribution in [1.82, 2.24) is 15.0 Å². The number of anilines is 1. The van der Waals surface area contributed by atoms with Crippen LogP contribution < -0.4 is 9.64 Å². The van der Waals surface area contributed by atoms with Crippen molar-refractivity contribution in [3.8, 4) is 5.75 Å². The minimum atomic E-state index is -2.77. The Morgan fingerprint density at radius 2 is 1.95 bits per heavy atom. The van der Waals surface area contributed by atoms with Gasteiger partial charge in [-0.15, -0.1) is 5.10 Å². The molecule has 1 spiro atoms. The molecular weight excluding hydrogens is 627 g/mol. The van der Waals surface area contributed by atoms with Gasteiger partial charge in [0.1, 0.15) is 5.75 Å². The summed E-state index contributed by atoms with van der Waals surface area (Å²) in [7, 11) is -1.15. The molecule has 0 radical (unpaired) electrons. The molecule has 2 aliphatic heterocycles. The lowest BCUT2D eigenvalue weighted by atomic mass is 9.82. The Bertz CT molecular complexity index is 1340. The first-order valence-electron chi connectivity index (χ1n) is 13.2. The third-order valence-electron chi connectivity index (χ3n) is 8.04. The van der Waals surface area contributed by atoms with Crippen LogP contribution in [0.4, 0.5) is 5.69 Å². The summed E-state index contributed by atoms with van der Waals surface area (Å²) in [5.41, 5.74) is 1.96. The number of carbonyl (C=O) groups is 1. The fraction of sp³-hybridized carbons (Fsp3) is 0.464. The first-order chi connectivity index (χ1) is 18.6. The van der Waals surface area contributed by atoms with Crippen molar-refractivity contribution >= 4 is 42.5 Å². The normalized spacial score (nSPS) is 24.5. The molecule has 1 amide bonds. The second-order valence-electron chi connectivity index (χ2n) is 11.0. The number of benzene rings is 2. The molecule has 2 aromatic carbocycles. The van der Waals surface area contributed by atoms with Crippen molar-refractivity contribution in [2.75, 3.05) is 18.6 Å². The number of methoxy groups -OCH3 is 1. The molecule has 0 aliphatic carbocycles. The van der Waals surface area contributed by atoms with Gasteiger partial charge in [0.25, 0.3) is 5.91 Å². The average Bonchev–Trinajstić information content (AvgIpc) is 3.54. The molecule has 1 fully saturated rings. The number of aliphatic hydroxyl groups is 1. The number of rotatable bonds is 9. The summed E-state index contributed by atoms with van der Waals surface area (Å²) in [6.07, 6.45) is 2.49. The molecule has 208 valence electrons. The second-order valence-corrected chi connectivity index (χ2v) is 16.2. The molecule has 1 saturated heterocycles. The third kappa shape index (κ3) is 5.15. The van der Waals surface area contributed by atoms with Gasteiger partial charge in [-0.2, -0.15) is 0 Å². The average molecular weight is 663 g/mol. The Labute approximate surface area is 243 Å². The molecule has 4 atom stereocenters. The monoisotopic (exact) mass is 662 g/mol. The Morgan fingerprint density at radius 3 is 2.62 bits per heavy atom. The van der Waals surface area contributed by atoms with Crippen LogP contribution in [0.25, 0.3) is 0 Å². The zero-order chi connectivity index (χ0) is 27.9. The van der Waals surface area contributed by atoms with Crippen LogP contribution in [-0.4, -0.2) is 58.9 Å². The van der Waals surface area contributed by atoms with Gasteiger partial charge in [-0.1, -0.05) is 24.3 Å². The minimum absolute atomic E-state index is 0.0144. The number of halogens is 1. The smallest absolute Gasteiger partial charge is 0.264 e. The Hall–Kier alpha value is -2.32. The maximum Gasteiger partial charge on any atom is 0.264 e. The van der Waals surface area contributed by atoms with E-state index in [9.17, 15) is 14.7 Å². The lowest BCUT2D eigenvalue weighted by molar-refractivity contribution is -0.146. The summed E-state index contributed by atoms with van der Waals surface area (Å²) < 4.78 is 15.3. The maximum absolute atomic E-state index is 14.5. The highest BCUT2D eigenvalue weighted by Gasteiger charge is 2.66. The van der Waals surface area contributed by atoms with Gasteiger partial charge in [0.05, 0.1) is 31.1 Å². The van der Waals surface area contributed by atoms with Crippen molar-refractivity contribution in [2.24, 2.45) is 5.92 Å². The van der Waals surface area contributed by atoms with Crippen LogP contribution in [0.3, 0.4) is 0 Å². The topological polar surface area (TPSA) is 110 Å². The van der Waals surface area contributed by atoms with Crippen LogP contribution in [0.15, 0.2) is 48.7 Å². The van der Waals surface area contributed by atoms with E-state index in [0.29, 0.717) is 31.7 Å². The van der Waals surface area contributed by atoms with E-state index in [-0.39, 0.29) is 30.1 Å². The van der Waals surface area contributed by atoms with Crippen molar-refractivity contribution in [2.45, 2.75) is 63.2 Å². The van der Waals surface area contributed by atoms with E-state index in [1.165, 1.54) is 0 Å². The molecule has 2 N–H and O–H groups in total. The van der Waals surface area contributed by atoms with Crippen molar-refractivity contribution in [3.05, 3.63) is 69.1 Å². The zero-order valence-electron chi connectivity index (χ0n) is 22.7. The summed E-state index contributed by atoms with van der Waals surface area (Å²) in [5.74, 6) is 0.302. The summed E-state index contributed by atoms with van der Waals surface area (Å²) in [4.78, 5) is 27.8. The molecule has 9 nitrogen and oxygen atoms in total. The van der Waals surface area contributed by atoms with Crippen LogP contribution in [0.1, 0.15) is 30.2 Å². The van der Waals surface area contributed by atoms with Crippen molar-refractivity contribution < 1.29 is 24.2 Å². The number of aliphatic hydroxyl groups excluding tert-OH is 1. The van der Waals surface area contributed by atoms with Gasteiger partial charge in [-0.05, 0) is 78.0 Å². The Kier molecular flexibility index (Phi) is 7.90. The predicted octanol–water partition coefficient (Wildman–Crippen LogP) is 3.86. The van der Waals surface area contributed by atoms with E-state index in [4.69, 9.17) is 9.47 Å². The summed E-state index contributed by atoms with van der Waals surface area (Å²) >= 11 is 2.28. The van der Waals surface area contributed by atoms with E-state index in [2.05, 4.69) is 32.9 Å².